The molecule has 0 bridgehead atoms. The van der Waals surface area contributed by atoms with E-state index in [0.29, 0.717) is 6.54 Å². The van der Waals surface area contributed by atoms with Gasteiger partial charge in [-0.2, -0.15) is 0 Å². The maximum atomic E-state index is 10.7. The molecule has 0 atom stereocenters. The smallest absolute Gasteiger partial charge is 0.305 e. The number of aliphatic carboxylic acids is 1. The first kappa shape index (κ1) is 12.3. The fraction of sp³-hybridized carbons (Fsp3) is 0.462. The molecular weight excluding hydrogens is 234 g/mol. The van der Waals surface area contributed by atoms with Crippen LogP contribution in [-0.4, -0.2) is 29.9 Å². The van der Waals surface area contributed by atoms with E-state index < -0.39 is 5.97 Å². The third-order valence-corrected chi connectivity index (χ3v) is 4.22. The number of anilines is 1. The van der Waals surface area contributed by atoms with E-state index in [4.69, 9.17) is 5.11 Å². The van der Waals surface area contributed by atoms with Crippen molar-refractivity contribution in [3.8, 4) is 0 Å². The van der Waals surface area contributed by atoms with Crippen molar-refractivity contribution in [1.29, 1.82) is 0 Å². The highest BCUT2D eigenvalue weighted by atomic mass is 32.2. The Balaban J connectivity index is 2.29. The zero-order valence-corrected chi connectivity index (χ0v) is 11.0. The summed E-state index contributed by atoms with van der Waals surface area (Å²) in [4.78, 5) is 14.2. The van der Waals surface area contributed by atoms with E-state index in [1.54, 1.807) is 0 Å². The van der Waals surface area contributed by atoms with Crippen LogP contribution in [0, 0.1) is 13.8 Å². The van der Waals surface area contributed by atoms with Crippen molar-refractivity contribution in [2.75, 3.05) is 23.7 Å². The lowest BCUT2D eigenvalue weighted by Crippen LogP contribution is -2.32. The van der Waals surface area contributed by atoms with Gasteiger partial charge < -0.3 is 10.0 Å². The van der Waals surface area contributed by atoms with Gasteiger partial charge in [0.15, 0.2) is 0 Å². The van der Waals surface area contributed by atoms with Gasteiger partial charge in [0.25, 0.3) is 0 Å². The molecule has 1 aliphatic rings. The number of hydrogen-bond acceptors (Lipinski definition) is 3. The minimum Gasteiger partial charge on any atom is -0.481 e. The molecule has 92 valence electrons. The third-order valence-electron chi connectivity index (χ3n) is 3.20. The Morgan fingerprint density at radius 1 is 1.47 bits per heavy atom. The van der Waals surface area contributed by atoms with Crippen molar-refractivity contribution in [1.82, 2.24) is 0 Å². The second kappa shape index (κ2) is 5.00. The summed E-state index contributed by atoms with van der Waals surface area (Å²) in [5.41, 5.74) is 3.79. The lowest BCUT2D eigenvalue weighted by atomic mass is 10.1. The van der Waals surface area contributed by atoms with E-state index in [-0.39, 0.29) is 6.42 Å². The summed E-state index contributed by atoms with van der Waals surface area (Å²) in [7, 11) is 0. The number of benzene rings is 1. The fourth-order valence-electron chi connectivity index (χ4n) is 2.12. The first-order chi connectivity index (χ1) is 8.09. The van der Waals surface area contributed by atoms with Gasteiger partial charge >= 0.3 is 5.97 Å². The summed E-state index contributed by atoms with van der Waals surface area (Å²) in [6.45, 7) is 5.76. The van der Waals surface area contributed by atoms with Crippen LogP contribution in [0.25, 0.3) is 0 Å². The van der Waals surface area contributed by atoms with E-state index >= 15 is 0 Å². The maximum absolute atomic E-state index is 10.7. The van der Waals surface area contributed by atoms with Crippen molar-refractivity contribution in [2.24, 2.45) is 0 Å². The average molecular weight is 251 g/mol. The van der Waals surface area contributed by atoms with E-state index in [9.17, 15) is 4.79 Å². The molecule has 3 nitrogen and oxygen atoms in total. The minimum atomic E-state index is -0.727. The van der Waals surface area contributed by atoms with Crippen LogP contribution in [0.5, 0.6) is 0 Å². The minimum absolute atomic E-state index is 0.206. The van der Waals surface area contributed by atoms with Crippen LogP contribution < -0.4 is 4.90 Å². The number of rotatable bonds is 3. The molecule has 0 saturated heterocycles. The second-order valence-electron chi connectivity index (χ2n) is 4.33. The van der Waals surface area contributed by atoms with Crippen LogP contribution in [0.2, 0.25) is 0 Å². The first-order valence-corrected chi connectivity index (χ1v) is 6.78. The Hall–Kier alpha value is -1.16. The predicted octanol–water partition coefficient (Wildman–Crippen LogP) is 2.69. The van der Waals surface area contributed by atoms with Crippen LogP contribution in [0.3, 0.4) is 0 Å². The van der Waals surface area contributed by atoms with Crippen molar-refractivity contribution < 1.29 is 9.90 Å². The van der Waals surface area contributed by atoms with Crippen LogP contribution in [0.15, 0.2) is 17.0 Å². The van der Waals surface area contributed by atoms with E-state index in [1.807, 2.05) is 11.8 Å². The van der Waals surface area contributed by atoms with Crippen molar-refractivity contribution >= 4 is 23.4 Å². The molecule has 1 aromatic carbocycles. The summed E-state index contributed by atoms with van der Waals surface area (Å²) >= 11 is 1.86. The van der Waals surface area contributed by atoms with Crippen LogP contribution >= 0.6 is 11.8 Å². The molecule has 17 heavy (non-hydrogen) atoms. The van der Waals surface area contributed by atoms with Crippen molar-refractivity contribution in [3.63, 3.8) is 0 Å². The quantitative estimate of drug-likeness (QED) is 0.896. The van der Waals surface area contributed by atoms with Gasteiger partial charge in [0.1, 0.15) is 0 Å². The molecule has 0 spiro atoms. The van der Waals surface area contributed by atoms with Crippen molar-refractivity contribution in [3.05, 3.63) is 23.3 Å². The molecule has 4 heteroatoms. The Labute approximate surface area is 106 Å². The van der Waals surface area contributed by atoms with Gasteiger partial charge in [0, 0.05) is 23.7 Å². The monoisotopic (exact) mass is 251 g/mol. The molecule has 0 unspecified atom stereocenters. The first-order valence-electron chi connectivity index (χ1n) is 5.79. The van der Waals surface area contributed by atoms with E-state index in [1.165, 1.54) is 21.7 Å². The average Bonchev–Trinajstić information content (AvgIpc) is 2.31. The number of nitrogens with zero attached hydrogens (tertiary/aromatic N) is 1. The molecule has 0 amide bonds. The number of carboxylic acids is 1. The summed E-state index contributed by atoms with van der Waals surface area (Å²) < 4.78 is 0. The van der Waals surface area contributed by atoms with Gasteiger partial charge in [-0.25, -0.2) is 0 Å². The molecular formula is C13H17NO2S. The topological polar surface area (TPSA) is 40.5 Å². The summed E-state index contributed by atoms with van der Waals surface area (Å²) in [6.07, 6.45) is 0.206. The molecule has 1 aromatic rings. The third kappa shape index (κ3) is 2.57. The number of fused-ring (bicyclic) bond motifs is 1. The number of hydrogen-bond donors (Lipinski definition) is 1. The van der Waals surface area contributed by atoms with Gasteiger partial charge in [0.2, 0.25) is 0 Å². The standard InChI is InChI=1S/C13H17NO2S/c1-9-3-4-11-13(10(9)2)14(7-8-17-11)6-5-12(15)16/h3-4H,5-8H2,1-2H3,(H,15,16). The molecule has 1 N–H and O–H groups in total. The molecule has 1 heterocycles. The molecule has 0 aliphatic carbocycles. The maximum Gasteiger partial charge on any atom is 0.305 e. The zero-order chi connectivity index (χ0) is 12.4. The molecule has 0 radical (unpaired) electrons. The Morgan fingerprint density at radius 3 is 2.94 bits per heavy atom. The Morgan fingerprint density at radius 2 is 2.24 bits per heavy atom. The number of thioether (sulfide) groups is 1. The number of aryl methyl sites for hydroxylation is 1. The lowest BCUT2D eigenvalue weighted by molar-refractivity contribution is -0.136. The second-order valence-corrected chi connectivity index (χ2v) is 5.47. The predicted molar refractivity (Wildman–Crippen MR) is 71.1 cm³/mol. The number of carboxylic acid groups (broad SMARTS) is 1. The van der Waals surface area contributed by atoms with E-state index in [0.717, 1.165) is 12.3 Å². The van der Waals surface area contributed by atoms with Crippen molar-refractivity contribution in [2.45, 2.75) is 25.2 Å². The lowest BCUT2D eigenvalue weighted by Gasteiger charge is -2.32. The van der Waals surface area contributed by atoms with Gasteiger partial charge in [-0.1, -0.05) is 6.07 Å². The largest absolute Gasteiger partial charge is 0.481 e. The molecule has 0 fully saturated rings. The van der Waals surface area contributed by atoms with Crippen LogP contribution in [0.4, 0.5) is 5.69 Å². The highest BCUT2D eigenvalue weighted by Gasteiger charge is 2.20. The highest BCUT2D eigenvalue weighted by Crippen LogP contribution is 2.38. The summed E-state index contributed by atoms with van der Waals surface area (Å²) in [5.74, 6) is 0.310. The van der Waals surface area contributed by atoms with E-state index in [2.05, 4.69) is 30.9 Å². The molecule has 1 aliphatic heterocycles. The summed E-state index contributed by atoms with van der Waals surface area (Å²) in [5, 5.41) is 8.78. The fourth-order valence-corrected chi connectivity index (χ4v) is 3.23. The molecule has 2 rings (SSSR count). The van der Waals surface area contributed by atoms with Gasteiger partial charge in [-0.05, 0) is 31.0 Å². The van der Waals surface area contributed by atoms with Crippen LogP contribution in [-0.2, 0) is 4.79 Å². The zero-order valence-electron chi connectivity index (χ0n) is 10.2. The van der Waals surface area contributed by atoms with Gasteiger partial charge in [0.05, 0.1) is 12.1 Å². The summed E-state index contributed by atoms with van der Waals surface area (Å²) in [6, 6.07) is 4.29. The van der Waals surface area contributed by atoms with Gasteiger partial charge in [-0.3, -0.25) is 4.79 Å². The highest BCUT2D eigenvalue weighted by molar-refractivity contribution is 7.99. The molecule has 0 aromatic heterocycles. The SMILES string of the molecule is Cc1ccc2c(c1C)N(CCC(=O)O)CCS2. The number of carbonyl (C=O) groups is 1. The molecule has 0 saturated carbocycles. The van der Waals surface area contributed by atoms with Crippen LogP contribution in [0.1, 0.15) is 17.5 Å². The Bertz CT molecular complexity index is 445. The normalized spacial score (nSPS) is 14.6. The van der Waals surface area contributed by atoms with Gasteiger partial charge in [-0.15, -0.1) is 11.8 Å². The Kier molecular flexibility index (Phi) is 3.62.